The highest BCUT2D eigenvalue weighted by Gasteiger charge is 2.33. The first-order valence-corrected chi connectivity index (χ1v) is 17.5. The molecule has 0 aliphatic carbocycles. The molecule has 1 unspecified atom stereocenters. The second kappa shape index (κ2) is 20.7. The van der Waals surface area contributed by atoms with Gasteiger partial charge in [-0.1, -0.05) is 6.08 Å². The first-order chi connectivity index (χ1) is 26.5. The number of likely N-dealkylation sites (N-methyl/N-ethyl adjacent to an activating group) is 1. The third-order valence-electron chi connectivity index (χ3n) is 8.92. The number of nitrogens with two attached hydrogens (primary N) is 1. The van der Waals surface area contributed by atoms with Gasteiger partial charge in [0.05, 0.1) is 29.8 Å². The van der Waals surface area contributed by atoms with Crippen LogP contribution in [0.25, 0.3) is 0 Å². The van der Waals surface area contributed by atoms with Gasteiger partial charge < -0.3 is 45.6 Å². The predicted octanol–water partition coefficient (Wildman–Crippen LogP) is 6.14. The van der Waals surface area contributed by atoms with Gasteiger partial charge in [-0.05, 0) is 74.7 Å². The van der Waals surface area contributed by atoms with Crippen molar-refractivity contribution in [3.63, 3.8) is 0 Å². The summed E-state index contributed by atoms with van der Waals surface area (Å²) >= 11 is 0. The lowest BCUT2D eigenvalue weighted by atomic mass is 10.2. The van der Waals surface area contributed by atoms with Gasteiger partial charge in [-0.25, -0.2) is 14.4 Å². The summed E-state index contributed by atoms with van der Waals surface area (Å²) in [5, 5.41) is 23.0. The summed E-state index contributed by atoms with van der Waals surface area (Å²) in [4.78, 5) is 42.9. The molecule has 14 nitrogen and oxygen atoms in total. The van der Waals surface area contributed by atoms with E-state index < -0.39 is 29.5 Å². The summed E-state index contributed by atoms with van der Waals surface area (Å²) in [5.74, 6) is 0. The molecule has 3 aliphatic heterocycles. The van der Waals surface area contributed by atoms with E-state index in [1.807, 2.05) is 13.0 Å². The molecule has 2 aromatic carbocycles. The van der Waals surface area contributed by atoms with Gasteiger partial charge in [0.1, 0.15) is 0 Å². The van der Waals surface area contributed by atoms with E-state index in [0.29, 0.717) is 64.4 Å². The van der Waals surface area contributed by atoms with Crippen molar-refractivity contribution in [3.05, 3.63) is 71.9 Å². The number of primary amides is 1. The van der Waals surface area contributed by atoms with Crippen LogP contribution in [0.15, 0.2) is 60.8 Å². The zero-order valence-corrected chi connectivity index (χ0v) is 30.8. The molecule has 0 aromatic heterocycles. The number of likely N-dealkylation sites (tertiary alicyclic amines) is 2. The van der Waals surface area contributed by atoms with E-state index in [2.05, 4.69) is 23.0 Å². The Labute approximate surface area is 320 Å². The minimum Gasteiger partial charge on any atom is -0.383 e. The topological polar surface area (TPSA) is 174 Å². The number of alkyl halides is 6. The quantitative estimate of drug-likeness (QED) is 0.211. The highest BCUT2D eigenvalue weighted by Crippen LogP contribution is 2.31. The monoisotopic (exact) mass is 794 g/mol. The minimum absolute atomic E-state index is 0.0749. The molecule has 0 bridgehead atoms. The van der Waals surface area contributed by atoms with Gasteiger partial charge in [0.15, 0.2) is 12.4 Å². The maximum Gasteiger partial charge on any atom is 0.416 e. The van der Waals surface area contributed by atoms with Crippen LogP contribution in [0.5, 0.6) is 0 Å². The number of carbonyl (C=O) groups is 3. The number of benzene rings is 2. The van der Waals surface area contributed by atoms with E-state index in [4.69, 9.17) is 21.0 Å². The third-order valence-corrected chi connectivity index (χ3v) is 8.92. The molecule has 0 saturated carbocycles. The van der Waals surface area contributed by atoms with Crippen LogP contribution in [0.3, 0.4) is 0 Å². The number of rotatable bonds is 8. The normalized spacial score (nSPS) is 17.4. The molecule has 3 heterocycles. The van der Waals surface area contributed by atoms with Crippen molar-refractivity contribution in [1.82, 2.24) is 24.5 Å². The summed E-state index contributed by atoms with van der Waals surface area (Å²) in [7, 11) is 1.52. The lowest BCUT2D eigenvalue weighted by Gasteiger charge is -2.28. The number of nitriles is 2. The van der Waals surface area contributed by atoms with Gasteiger partial charge in [-0.3, -0.25) is 0 Å². The number of anilines is 2. The van der Waals surface area contributed by atoms with Crippen molar-refractivity contribution in [3.8, 4) is 12.4 Å². The van der Waals surface area contributed by atoms with Crippen LogP contribution in [0, 0.1) is 22.9 Å². The number of nitrogens with one attached hydrogen (secondary N) is 2. The van der Waals surface area contributed by atoms with Gasteiger partial charge in [0.2, 0.25) is 0 Å². The van der Waals surface area contributed by atoms with Gasteiger partial charge in [-0.15, -0.1) is 0 Å². The Morgan fingerprint density at radius 1 is 0.804 bits per heavy atom. The highest BCUT2D eigenvalue weighted by atomic mass is 19.4. The first kappa shape index (κ1) is 44.5. The summed E-state index contributed by atoms with van der Waals surface area (Å²) in [5.41, 5.74) is 3.97. The fourth-order valence-electron chi connectivity index (χ4n) is 5.93. The minimum atomic E-state index is -4.42. The molecule has 2 fully saturated rings. The Balaban J connectivity index is 0.000000251. The van der Waals surface area contributed by atoms with E-state index in [9.17, 15) is 40.7 Å². The number of hydrogen-bond acceptors (Lipinski definition) is 8. The molecular weight excluding hydrogens is 750 g/mol. The molecule has 3 aliphatic rings. The van der Waals surface area contributed by atoms with Gasteiger partial charge in [0, 0.05) is 70.5 Å². The molecule has 0 radical (unpaired) electrons. The lowest BCUT2D eigenvalue weighted by Crippen LogP contribution is -2.45. The summed E-state index contributed by atoms with van der Waals surface area (Å²) < 4.78 is 80.3. The van der Waals surface area contributed by atoms with Crippen molar-refractivity contribution < 1.29 is 45.5 Å². The lowest BCUT2D eigenvalue weighted by molar-refractivity contribution is -0.138. The van der Waals surface area contributed by atoms with E-state index >= 15 is 0 Å². The van der Waals surface area contributed by atoms with E-state index in [1.54, 1.807) is 25.8 Å². The van der Waals surface area contributed by atoms with Crippen LogP contribution in [0.2, 0.25) is 0 Å². The Bertz CT molecular complexity index is 1710. The number of urea groups is 3. The van der Waals surface area contributed by atoms with Crippen molar-refractivity contribution in [2.24, 2.45) is 5.73 Å². The van der Waals surface area contributed by atoms with Crippen LogP contribution in [-0.2, 0) is 17.1 Å². The fraction of sp³-hybridized carbons (Fsp3) is 0.472. The van der Waals surface area contributed by atoms with Crippen LogP contribution in [-0.4, -0.2) is 114 Å². The predicted molar refractivity (Wildman–Crippen MR) is 193 cm³/mol. The molecule has 2 aromatic rings. The molecule has 56 heavy (non-hydrogen) atoms. The average molecular weight is 795 g/mol. The number of nitrogens with zero attached hydrogens (tertiary/aromatic N) is 7. The average Bonchev–Trinajstić information content (AvgIpc) is 3.96. The molecule has 2 atom stereocenters. The van der Waals surface area contributed by atoms with Crippen molar-refractivity contribution in [1.29, 1.82) is 10.5 Å². The molecule has 0 spiro atoms. The summed E-state index contributed by atoms with van der Waals surface area (Å²) in [6.45, 7) is 5.75. The Morgan fingerprint density at radius 3 is 1.57 bits per heavy atom. The number of hydrogen-bond donors (Lipinski definition) is 3. The van der Waals surface area contributed by atoms with Crippen LogP contribution < -0.4 is 16.4 Å². The van der Waals surface area contributed by atoms with Crippen LogP contribution >= 0.6 is 0 Å². The third kappa shape index (κ3) is 13.4. The van der Waals surface area contributed by atoms with E-state index in [-0.39, 0.29) is 29.8 Å². The fourth-order valence-corrected chi connectivity index (χ4v) is 5.93. The van der Waals surface area contributed by atoms with E-state index in [0.717, 1.165) is 37.2 Å². The largest absolute Gasteiger partial charge is 0.416 e. The van der Waals surface area contributed by atoms with Crippen LogP contribution in [0.4, 0.5) is 52.1 Å². The van der Waals surface area contributed by atoms with Crippen molar-refractivity contribution in [2.45, 2.75) is 50.6 Å². The van der Waals surface area contributed by atoms with Gasteiger partial charge in [0.25, 0.3) is 0 Å². The SMILES string of the molecule is CCN(C(=O)Nc1ccc(C(F)(F)F)cc1)[C@@H]1CCN(C#N)C1.COCCN(C(=O)Nc1ccc(C(F)(F)F)cc1)C1CCN(C#N)C1.NC(=O)N1C=CCC1. The van der Waals surface area contributed by atoms with Gasteiger partial charge >= 0.3 is 30.4 Å². The summed E-state index contributed by atoms with van der Waals surface area (Å²) in [6, 6.07) is 7.18. The maximum absolute atomic E-state index is 12.6. The molecule has 304 valence electrons. The zero-order chi connectivity index (χ0) is 41.5. The molecule has 20 heteroatoms. The van der Waals surface area contributed by atoms with Crippen molar-refractivity contribution >= 4 is 29.5 Å². The van der Waals surface area contributed by atoms with Crippen molar-refractivity contribution in [2.75, 3.05) is 70.2 Å². The highest BCUT2D eigenvalue weighted by molar-refractivity contribution is 5.90. The Kier molecular flexibility index (Phi) is 16.4. The number of methoxy groups -OCH3 is 1. The second-order valence-corrected chi connectivity index (χ2v) is 12.7. The van der Waals surface area contributed by atoms with E-state index in [1.165, 1.54) is 36.3 Å². The standard InChI is InChI=1S/C16H19F3N4O2.C15H17F3N4O.C5H8N2O/c1-25-9-8-23(14-6-7-22(10-14)11-20)15(24)21-13-4-2-12(3-5-13)16(17,18)19;1-2-22(13-7-8-21(9-13)10-19)14(23)20-12-5-3-11(4-6-12)15(16,17)18;6-5(8)7-3-1-2-4-7/h2-5,14H,6-10H2,1H3,(H,21,24);3-6,13H,2,7-9H2,1H3,(H,20,23);1,3H,2,4H2,(H2,6,8)/t;13-;/m.1./s1. The van der Waals surface area contributed by atoms with Crippen LogP contribution in [0.1, 0.15) is 37.3 Å². The zero-order valence-electron chi connectivity index (χ0n) is 30.8. The molecule has 6 amide bonds. The molecular formula is C36H44F6N10O4. The maximum atomic E-state index is 12.6. The Hall–Kier alpha value is -5.89. The van der Waals surface area contributed by atoms with Gasteiger partial charge in [-0.2, -0.15) is 36.9 Å². The number of amides is 6. The molecule has 4 N–H and O–H groups in total. The molecule has 5 rings (SSSR count). The number of halogens is 6. The smallest absolute Gasteiger partial charge is 0.383 e. The number of carbonyl (C=O) groups excluding carboxylic acids is 3. The summed E-state index contributed by atoms with van der Waals surface area (Å²) in [6.07, 6.45) is 1.19. The first-order valence-electron chi connectivity index (χ1n) is 17.5. The second-order valence-electron chi connectivity index (χ2n) is 12.7. The molecule has 2 saturated heterocycles. The Morgan fingerprint density at radius 2 is 1.25 bits per heavy atom. The number of ether oxygens (including phenoxy) is 1.